The Morgan fingerprint density at radius 2 is 1.79 bits per heavy atom. The molecule has 0 unspecified atom stereocenters. The van der Waals surface area contributed by atoms with Crippen LogP contribution in [0.2, 0.25) is 0 Å². The van der Waals surface area contributed by atoms with Crippen molar-refractivity contribution in [1.29, 1.82) is 0 Å². The van der Waals surface area contributed by atoms with Crippen LogP contribution in [-0.2, 0) is 19.6 Å². The Bertz CT molecular complexity index is 1110. The Kier molecular flexibility index (Phi) is 5.57. The lowest BCUT2D eigenvalue weighted by atomic mass is 10.0. The van der Waals surface area contributed by atoms with Crippen molar-refractivity contribution in [2.45, 2.75) is 26.7 Å². The van der Waals surface area contributed by atoms with E-state index in [9.17, 15) is 22.4 Å². The van der Waals surface area contributed by atoms with Crippen LogP contribution in [0.25, 0.3) is 4.91 Å². The summed E-state index contributed by atoms with van der Waals surface area (Å²) in [6, 6.07) is 12.2. The van der Waals surface area contributed by atoms with Gasteiger partial charge in [-0.25, -0.2) is 17.1 Å². The van der Waals surface area contributed by atoms with Gasteiger partial charge in [-0.3, -0.25) is 9.59 Å². The Balaban J connectivity index is 1.84. The van der Waals surface area contributed by atoms with Crippen LogP contribution in [0.5, 0.6) is 0 Å². The molecule has 0 fully saturated rings. The quantitative estimate of drug-likeness (QED) is 0.809. The van der Waals surface area contributed by atoms with Gasteiger partial charge in [-0.05, 0) is 42.2 Å². The van der Waals surface area contributed by atoms with Crippen molar-refractivity contribution in [2.24, 2.45) is 0 Å². The van der Waals surface area contributed by atoms with E-state index in [0.717, 1.165) is 11.6 Å². The van der Waals surface area contributed by atoms with Crippen LogP contribution < -0.4 is 5.32 Å². The normalized spacial score (nSPS) is 15.9. The van der Waals surface area contributed by atoms with Crippen LogP contribution in [0, 0.1) is 5.82 Å². The van der Waals surface area contributed by atoms with Gasteiger partial charge in [0.05, 0.1) is 0 Å². The Morgan fingerprint density at radius 3 is 2.38 bits per heavy atom. The SMILES string of the molecule is CC1=C(c2ccc(C(C)C)cc2)S(=O)(=O)N(CC(=O)Nc2cccc(F)c2)C1=O. The van der Waals surface area contributed by atoms with E-state index in [0.29, 0.717) is 9.87 Å². The van der Waals surface area contributed by atoms with Gasteiger partial charge in [-0.1, -0.05) is 44.2 Å². The first-order chi connectivity index (χ1) is 13.6. The molecular weight excluding hydrogens is 395 g/mol. The van der Waals surface area contributed by atoms with Gasteiger partial charge in [0.15, 0.2) is 0 Å². The van der Waals surface area contributed by atoms with Crippen molar-refractivity contribution in [1.82, 2.24) is 4.31 Å². The zero-order chi connectivity index (χ0) is 21.3. The van der Waals surface area contributed by atoms with Gasteiger partial charge in [0.1, 0.15) is 17.3 Å². The molecule has 0 aromatic heterocycles. The molecule has 2 aromatic rings. The summed E-state index contributed by atoms with van der Waals surface area (Å²) in [5.74, 6) is -1.75. The van der Waals surface area contributed by atoms with Gasteiger partial charge >= 0.3 is 0 Å². The highest BCUT2D eigenvalue weighted by Crippen LogP contribution is 2.35. The monoisotopic (exact) mass is 416 g/mol. The van der Waals surface area contributed by atoms with Crippen LogP contribution in [-0.4, -0.2) is 31.1 Å². The Labute approximate surface area is 169 Å². The molecule has 1 N–H and O–H groups in total. The lowest BCUT2D eigenvalue weighted by Gasteiger charge is -2.16. The number of carbonyl (C=O) groups is 2. The first-order valence-corrected chi connectivity index (χ1v) is 10.5. The second-order valence-corrected chi connectivity index (χ2v) is 8.91. The minimum Gasteiger partial charge on any atom is -0.324 e. The van der Waals surface area contributed by atoms with Crippen molar-refractivity contribution in [2.75, 3.05) is 11.9 Å². The predicted molar refractivity (Wildman–Crippen MR) is 109 cm³/mol. The Hall–Kier alpha value is -3.00. The molecule has 3 rings (SSSR count). The summed E-state index contributed by atoms with van der Waals surface area (Å²) in [6.07, 6.45) is 0. The number of rotatable bonds is 5. The fraction of sp³-hybridized carbons (Fsp3) is 0.238. The molecular formula is C21H21FN2O4S. The zero-order valence-electron chi connectivity index (χ0n) is 16.3. The van der Waals surface area contributed by atoms with E-state index in [1.807, 2.05) is 26.0 Å². The molecule has 0 bridgehead atoms. The molecule has 0 saturated carbocycles. The highest BCUT2D eigenvalue weighted by Gasteiger charge is 2.43. The fourth-order valence-corrected chi connectivity index (χ4v) is 4.91. The van der Waals surface area contributed by atoms with E-state index >= 15 is 0 Å². The maximum Gasteiger partial charge on any atom is 0.268 e. The fourth-order valence-electron chi connectivity index (χ4n) is 3.14. The Morgan fingerprint density at radius 1 is 1.14 bits per heavy atom. The molecule has 0 spiro atoms. The second-order valence-electron chi connectivity index (χ2n) is 7.11. The third-order valence-electron chi connectivity index (χ3n) is 4.67. The van der Waals surface area contributed by atoms with Crippen molar-refractivity contribution in [3.8, 4) is 0 Å². The largest absolute Gasteiger partial charge is 0.324 e. The molecule has 1 aliphatic heterocycles. The van der Waals surface area contributed by atoms with E-state index in [-0.39, 0.29) is 22.1 Å². The minimum absolute atomic E-state index is 0.0563. The minimum atomic E-state index is -4.18. The number of halogens is 1. The van der Waals surface area contributed by atoms with Gasteiger partial charge in [0, 0.05) is 11.3 Å². The second kappa shape index (κ2) is 7.79. The van der Waals surface area contributed by atoms with Crippen LogP contribution >= 0.6 is 0 Å². The van der Waals surface area contributed by atoms with Gasteiger partial charge < -0.3 is 5.32 Å². The lowest BCUT2D eigenvalue weighted by Crippen LogP contribution is -2.38. The van der Waals surface area contributed by atoms with Gasteiger partial charge in [-0.2, -0.15) is 0 Å². The van der Waals surface area contributed by atoms with E-state index < -0.39 is 34.2 Å². The van der Waals surface area contributed by atoms with Crippen molar-refractivity contribution in [3.63, 3.8) is 0 Å². The molecule has 2 aromatic carbocycles. The maximum atomic E-state index is 13.3. The lowest BCUT2D eigenvalue weighted by molar-refractivity contribution is -0.126. The molecule has 0 radical (unpaired) electrons. The van der Waals surface area contributed by atoms with Crippen molar-refractivity contribution < 1.29 is 22.4 Å². The molecule has 0 atom stereocenters. The smallest absolute Gasteiger partial charge is 0.268 e. The average Bonchev–Trinajstić information content (AvgIpc) is 2.81. The number of benzene rings is 2. The molecule has 2 amide bonds. The summed E-state index contributed by atoms with van der Waals surface area (Å²) in [7, 11) is -4.18. The summed E-state index contributed by atoms with van der Waals surface area (Å²) >= 11 is 0. The van der Waals surface area contributed by atoms with Gasteiger partial charge in [-0.15, -0.1) is 0 Å². The van der Waals surface area contributed by atoms with Crippen LogP contribution in [0.15, 0.2) is 54.1 Å². The first-order valence-electron chi connectivity index (χ1n) is 9.05. The molecule has 1 heterocycles. The molecule has 152 valence electrons. The summed E-state index contributed by atoms with van der Waals surface area (Å²) in [4.78, 5) is 24.7. The van der Waals surface area contributed by atoms with E-state index in [4.69, 9.17) is 0 Å². The summed E-state index contributed by atoms with van der Waals surface area (Å²) in [5, 5.41) is 2.40. The number of sulfonamides is 1. The van der Waals surface area contributed by atoms with Gasteiger partial charge in [0.25, 0.3) is 15.9 Å². The average molecular weight is 416 g/mol. The standard InChI is InChI=1S/C21H21FN2O4S/c1-13(2)15-7-9-16(10-8-15)20-14(3)21(26)24(29(20,27)28)12-19(25)23-18-6-4-5-17(22)11-18/h4-11,13H,12H2,1-3H3,(H,23,25). The molecule has 0 aliphatic carbocycles. The van der Waals surface area contributed by atoms with E-state index in [1.165, 1.54) is 25.1 Å². The maximum absolute atomic E-state index is 13.3. The molecule has 1 aliphatic rings. The summed E-state index contributed by atoms with van der Waals surface area (Å²) < 4.78 is 39.8. The summed E-state index contributed by atoms with van der Waals surface area (Å²) in [6.45, 7) is 4.78. The third-order valence-corrected chi connectivity index (χ3v) is 6.60. The number of carbonyl (C=O) groups excluding carboxylic acids is 2. The third kappa shape index (κ3) is 4.07. The highest BCUT2D eigenvalue weighted by atomic mass is 32.2. The van der Waals surface area contributed by atoms with Crippen molar-refractivity contribution in [3.05, 3.63) is 71.0 Å². The first kappa shape index (κ1) is 20.7. The van der Waals surface area contributed by atoms with E-state index in [1.54, 1.807) is 12.1 Å². The number of hydrogen-bond acceptors (Lipinski definition) is 4. The van der Waals surface area contributed by atoms with Crippen LogP contribution in [0.4, 0.5) is 10.1 Å². The molecule has 29 heavy (non-hydrogen) atoms. The molecule has 6 nitrogen and oxygen atoms in total. The molecule has 8 heteroatoms. The topological polar surface area (TPSA) is 83.6 Å². The summed E-state index contributed by atoms with van der Waals surface area (Å²) in [5.41, 5.74) is 1.67. The number of nitrogens with one attached hydrogen (secondary N) is 1. The van der Waals surface area contributed by atoms with Crippen LogP contribution in [0.1, 0.15) is 37.8 Å². The van der Waals surface area contributed by atoms with Crippen molar-refractivity contribution >= 4 is 32.4 Å². The number of hydrogen-bond donors (Lipinski definition) is 1. The van der Waals surface area contributed by atoms with Gasteiger partial charge in [0.2, 0.25) is 5.91 Å². The van der Waals surface area contributed by atoms with Crippen LogP contribution in [0.3, 0.4) is 0 Å². The molecule has 0 saturated heterocycles. The number of nitrogens with zero attached hydrogens (tertiary/aromatic N) is 1. The number of anilines is 1. The predicted octanol–water partition coefficient (Wildman–Crippen LogP) is 3.49. The zero-order valence-corrected chi connectivity index (χ0v) is 17.1. The van der Waals surface area contributed by atoms with E-state index in [2.05, 4.69) is 5.32 Å². The number of amides is 2. The highest BCUT2D eigenvalue weighted by molar-refractivity contribution is 7.99.